The second-order valence-electron chi connectivity index (χ2n) is 9.27. The molecule has 1 saturated heterocycles. The number of hydrogen-bond donors (Lipinski definition) is 1. The fourth-order valence-corrected chi connectivity index (χ4v) is 5.46. The second-order valence-corrected chi connectivity index (χ2v) is 9.27. The number of anilines is 1. The molecular weight excluding hydrogens is 422 g/mol. The molecule has 0 spiro atoms. The molecule has 1 fully saturated rings. The maximum absolute atomic E-state index is 13.5. The molecule has 5 heteroatoms. The third-order valence-electron chi connectivity index (χ3n) is 7.18. The summed E-state index contributed by atoms with van der Waals surface area (Å²) >= 11 is 0. The Morgan fingerprint density at radius 1 is 0.971 bits per heavy atom. The van der Waals surface area contributed by atoms with Crippen LogP contribution in [0.5, 0.6) is 5.75 Å². The van der Waals surface area contributed by atoms with E-state index in [1.54, 1.807) is 7.11 Å². The number of methoxy groups -OCH3 is 1. The molecule has 0 bridgehead atoms. The highest BCUT2D eigenvalue weighted by atomic mass is 16.5. The zero-order valence-electron chi connectivity index (χ0n) is 19.8. The summed E-state index contributed by atoms with van der Waals surface area (Å²) in [5.74, 6) is 0.963. The number of nitrogens with one attached hydrogen (secondary N) is 1. The SMILES string of the molecule is COc1ccccc1CCNC(=O)[C@@H]1Cc2ccccc2N2CCN(Cc3ccccc3)C[C@@H]12. The van der Waals surface area contributed by atoms with Crippen LogP contribution in [0.4, 0.5) is 5.69 Å². The molecule has 1 amide bonds. The molecule has 2 aliphatic heterocycles. The number of nitrogens with zero attached hydrogens (tertiary/aromatic N) is 2. The van der Waals surface area contributed by atoms with Crippen LogP contribution in [0.15, 0.2) is 78.9 Å². The van der Waals surface area contributed by atoms with Gasteiger partial charge in [-0.05, 0) is 41.7 Å². The molecule has 3 aromatic carbocycles. The average molecular weight is 456 g/mol. The standard InChI is InChI=1S/C29H33N3O2/c1-34-28-14-8-6-11-23(28)15-16-30-29(33)25-19-24-12-5-7-13-26(24)32-18-17-31(21-27(25)32)20-22-9-3-2-4-10-22/h2-14,25,27H,15-21H2,1H3,(H,30,33)/t25-,27+/m1/s1. The van der Waals surface area contributed by atoms with Crippen LogP contribution < -0.4 is 15.0 Å². The normalized spacial score (nSPS) is 19.7. The van der Waals surface area contributed by atoms with Gasteiger partial charge in [0.05, 0.1) is 19.1 Å². The molecule has 176 valence electrons. The zero-order valence-corrected chi connectivity index (χ0v) is 19.8. The minimum Gasteiger partial charge on any atom is -0.496 e. The molecule has 2 heterocycles. The molecule has 0 radical (unpaired) electrons. The summed E-state index contributed by atoms with van der Waals surface area (Å²) in [5.41, 5.74) is 5.02. The summed E-state index contributed by atoms with van der Waals surface area (Å²) in [6.07, 6.45) is 1.55. The first kappa shape index (κ1) is 22.5. The summed E-state index contributed by atoms with van der Waals surface area (Å²) in [5, 5.41) is 3.24. The number of ether oxygens (including phenoxy) is 1. The average Bonchev–Trinajstić information content (AvgIpc) is 2.89. The van der Waals surface area contributed by atoms with E-state index in [4.69, 9.17) is 4.74 Å². The van der Waals surface area contributed by atoms with Crippen molar-refractivity contribution in [2.45, 2.75) is 25.4 Å². The summed E-state index contributed by atoms with van der Waals surface area (Å²) in [6, 6.07) is 27.4. The Morgan fingerprint density at radius 3 is 2.59 bits per heavy atom. The maximum atomic E-state index is 13.5. The topological polar surface area (TPSA) is 44.8 Å². The Kier molecular flexibility index (Phi) is 6.82. The van der Waals surface area contributed by atoms with Gasteiger partial charge in [0.1, 0.15) is 5.75 Å². The van der Waals surface area contributed by atoms with Crippen molar-refractivity contribution in [1.82, 2.24) is 10.2 Å². The molecular formula is C29H33N3O2. The van der Waals surface area contributed by atoms with Crippen LogP contribution >= 0.6 is 0 Å². The first-order valence-electron chi connectivity index (χ1n) is 12.2. The molecule has 3 aromatic rings. The quantitative estimate of drug-likeness (QED) is 0.587. The van der Waals surface area contributed by atoms with Crippen molar-refractivity contribution in [3.05, 3.63) is 95.6 Å². The Balaban J connectivity index is 1.30. The Labute approximate surface area is 202 Å². The number of carbonyl (C=O) groups excluding carboxylic acids is 1. The predicted octanol–water partition coefficient (Wildman–Crippen LogP) is 3.92. The number of benzene rings is 3. The number of piperazine rings is 1. The van der Waals surface area contributed by atoms with Gasteiger partial charge in [-0.2, -0.15) is 0 Å². The predicted molar refractivity (Wildman–Crippen MR) is 136 cm³/mol. The smallest absolute Gasteiger partial charge is 0.225 e. The summed E-state index contributed by atoms with van der Waals surface area (Å²) in [6.45, 7) is 4.38. The molecule has 5 rings (SSSR count). The first-order valence-corrected chi connectivity index (χ1v) is 12.2. The molecule has 2 atom stereocenters. The zero-order chi connectivity index (χ0) is 23.3. The van der Waals surface area contributed by atoms with E-state index in [2.05, 4.69) is 75.8 Å². The summed E-state index contributed by atoms with van der Waals surface area (Å²) < 4.78 is 5.46. The lowest BCUT2D eigenvalue weighted by molar-refractivity contribution is -0.126. The largest absolute Gasteiger partial charge is 0.496 e. The van der Waals surface area contributed by atoms with Gasteiger partial charge >= 0.3 is 0 Å². The van der Waals surface area contributed by atoms with E-state index in [-0.39, 0.29) is 17.9 Å². The van der Waals surface area contributed by atoms with Crippen molar-refractivity contribution in [3.8, 4) is 5.75 Å². The van der Waals surface area contributed by atoms with Gasteiger partial charge in [0, 0.05) is 38.4 Å². The molecule has 2 aliphatic rings. The van der Waals surface area contributed by atoms with Gasteiger partial charge in [0.2, 0.25) is 5.91 Å². The van der Waals surface area contributed by atoms with E-state index in [9.17, 15) is 4.79 Å². The molecule has 0 unspecified atom stereocenters. The molecule has 0 saturated carbocycles. The minimum atomic E-state index is -0.0638. The number of carbonyl (C=O) groups is 1. The van der Waals surface area contributed by atoms with Crippen molar-refractivity contribution < 1.29 is 9.53 Å². The third-order valence-corrected chi connectivity index (χ3v) is 7.18. The van der Waals surface area contributed by atoms with E-state index in [0.29, 0.717) is 6.54 Å². The van der Waals surface area contributed by atoms with Crippen LogP contribution in [0, 0.1) is 5.92 Å². The van der Waals surface area contributed by atoms with Crippen LogP contribution in [-0.2, 0) is 24.2 Å². The highest BCUT2D eigenvalue weighted by Gasteiger charge is 2.41. The van der Waals surface area contributed by atoms with Gasteiger partial charge in [-0.25, -0.2) is 0 Å². The fraction of sp³-hybridized carbons (Fsp3) is 0.345. The first-order chi connectivity index (χ1) is 16.7. The highest BCUT2D eigenvalue weighted by molar-refractivity contribution is 5.82. The van der Waals surface area contributed by atoms with Crippen molar-refractivity contribution in [1.29, 1.82) is 0 Å². The lowest BCUT2D eigenvalue weighted by Gasteiger charge is -2.49. The molecule has 0 aliphatic carbocycles. The van der Waals surface area contributed by atoms with Crippen LogP contribution in [0.3, 0.4) is 0 Å². The fourth-order valence-electron chi connectivity index (χ4n) is 5.46. The van der Waals surface area contributed by atoms with Crippen molar-refractivity contribution in [2.24, 2.45) is 5.92 Å². The minimum absolute atomic E-state index is 0.0638. The lowest BCUT2D eigenvalue weighted by atomic mass is 9.83. The van der Waals surface area contributed by atoms with E-state index >= 15 is 0 Å². The number of hydrogen-bond acceptors (Lipinski definition) is 4. The number of rotatable bonds is 7. The van der Waals surface area contributed by atoms with Crippen LogP contribution in [0.1, 0.15) is 16.7 Å². The highest BCUT2D eigenvalue weighted by Crippen LogP contribution is 2.36. The van der Waals surface area contributed by atoms with E-state index in [0.717, 1.165) is 50.3 Å². The molecule has 1 N–H and O–H groups in total. The van der Waals surface area contributed by atoms with E-state index in [1.807, 2.05) is 18.2 Å². The lowest BCUT2D eigenvalue weighted by Crippen LogP contribution is -2.61. The molecule has 0 aromatic heterocycles. The van der Waals surface area contributed by atoms with Crippen LogP contribution in [-0.4, -0.2) is 50.1 Å². The number of amides is 1. The van der Waals surface area contributed by atoms with Crippen molar-refractivity contribution in [3.63, 3.8) is 0 Å². The number of fused-ring (bicyclic) bond motifs is 3. The third kappa shape index (κ3) is 4.80. The van der Waals surface area contributed by atoms with E-state index < -0.39 is 0 Å². The Bertz CT molecular complexity index is 1120. The molecule has 34 heavy (non-hydrogen) atoms. The van der Waals surface area contributed by atoms with Crippen LogP contribution in [0.2, 0.25) is 0 Å². The van der Waals surface area contributed by atoms with Crippen molar-refractivity contribution in [2.75, 3.05) is 38.2 Å². The number of para-hydroxylation sites is 2. The molecule has 5 nitrogen and oxygen atoms in total. The van der Waals surface area contributed by atoms with Crippen molar-refractivity contribution >= 4 is 11.6 Å². The summed E-state index contributed by atoms with van der Waals surface area (Å²) in [4.78, 5) is 18.5. The maximum Gasteiger partial charge on any atom is 0.225 e. The second kappa shape index (κ2) is 10.3. The Hall–Kier alpha value is -3.31. The van der Waals surface area contributed by atoms with Crippen LogP contribution in [0.25, 0.3) is 0 Å². The Morgan fingerprint density at radius 2 is 1.74 bits per heavy atom. The van der Waals surface area contributed by atoms with Gasteiger partial charge in [-0.1, -0.05) is 66.7 Å². The van der Waals surface area contributed by atoms with Gasteiger partial charge in [0.15, 0.2) is 0 Å². The van der Waals surface area contributed by atoms with Gasteiger partial charge in [-0.3, -0.25) is 9.69 Å². The van der Waals surface area contributed by atoms with E-state index in [1.165, 1.54) is 16.8 Å². The summed E-state index contributed by atoms with van der Waals surface area (Å²) in [7, 11) is 1.69. The van der Waals surface area contributed by atoms with Gasteiger partial charge in [-0.15, -0.1) is 0 Å². The van der Waals surface area contributed by atoms with Gasteiger partial charge in [0.25, 0.3) is 0 Å². The van der Waals surface area contributed by atoms with Gasteiger partial charge < -0.3 is 15.0 Å². The monoisotopic (exact) mass is 455 g/mol.